The number of rotatable bonds is 5. The van der Waals surface area contributed by atoms with Gasteiger partial charge in [-0.2, -0.15) is 0 Å². The minimum Gasteiger partial charge on any atom is -0.495 e. The Labute approximate surface area is 172 Å². The average Bonchev–Trinajstić information content (AvgIpc) is 2.71. The van der Waals surface area contributed by atoms with Crippen molar-refractivity contribution in [2.45, 2.75) is 19.3 Å². The maximum Gasteiger partial charge on any atom is 0.227 e. The Morgan fingerprint density at radius 2 is 1.93 bits per heavy atom. The number of anilines is 1. The molecule has 0 spiro atoms. The molecule has 1 N–H and O–H groups in total. The highest BCUT2D eigenvalue weighted by atomic mass is 79.9. The molecule has 2 aromatic rings. The Morgan fingerprint density at radius 1 is 1.21 bits per heavy atom. The molecule has 0 aromatic heterocycles. The Kier molecular flexibility index (Phi) is 6.67. The summed E-state index contributed by atoms with van der Waals surface area (Å²) in [5.74, 6) is 0.0575. The van der Waals surface area contributed by atoms with Crippen molar-refractivity contribution in [1.29, 1.82) is 0 Å². The van der Waals surface area contributed by atoms with Crippen LogP contribution in [0, 0.1) is 11.7 Å². The normalized spacial score (nSPS) is 14.6. The molecule has 0 aliphatic carbocycles. The highest BCUT2D eigenvalue weighted by molar-refractivity contribution is 9.10. The van der Waals surface area contributed by atoms with Crippen LogP contribution in [0.1, 0.15) is 18.4 Å². The van der Waals surface area contributed by atoms with Crippen molar-refractivity contribution in [2.75, 3.05) is 25.5 Å². The maximum atomic E-state index is 13.3. The van der Waals surface area contributed by atoms with Crippen molar-refractivity contribution in [3.63, 3.8) is 0 Å². The van der Waals surface area contributed by atoms with Gasteiger partial charge in [0.2, 0.25) is 11.8 Å². The van der Waals surface area contributed by atoms with Crippen molar-refractivity contribution in [1.82, 2.24) is 4.90 Å². The molecule has 0 saturated carbocycles. The van der Waals surface area contributed by atoms with E-state index in [1.54, 1.807) is 36.3 Å². The van der Waals surface area contributed by atoms with Gasteiger partial charge in [-0.05, 0) is 58.6 Å². The Balaban J connectivity index is 1.52. The number of carbonyl (C=O) groups is 2. The van der Waals surface area contributed by atoms with Gasteiger partial charge in [-0.1, -0.05) is 18.2 Å². The lowest BCUT2D eigenvalue weighted by Crippen LogP contribution is -2.42. The highest BCUT2D eigenvalue weighted by Gasteiger charge is 2.27. The number of nitrogens with one attached hydrogen (secondary N) is 1. The lowest BCUT2D eigenvalue weighted by molar-refractivity contribution is -0.133. The molecule has 0 radical (unpaired) electrons. The van der Waals surface area contributed by atoms with Gasteiger partial charge < -0.3 is 15.0 Å². The molecule has 2 amide bonds. The second kappa shape index (κ2) is 9.19. The lowest BCUT2D eigenvalue weighted by Gasteiger charge is -2.31. The van der Waals surface area contributed by atoms with Crippen LogP contribution in [0.5, 0.6) is 5.75 Å². The zero-order chi connectivity index (χ0) is 20.1. The zero-order valence-corrected chi connectivity index (χ0v) is 17.2. The van der Waals surface area contributed by atoms with Gasteiger partial charge in [0.15, 0.2) is 0 Å². The molecule has 7 heteroatoms. The van der Waals surface area contributed by atoms with E-state index < -0.39 is 0 Å². The van der Waals surface area contributed by atoms with Crippen molar-refractivity contribution in [3.8, 4) is 5.75 Å². The van der Waals surface area contributed by atoms with Crippen LogP contribution in [0.4, 0.5) is 10.1 Å². The fourth-order valence-corrected chi connectivity index (χ4v) is 3.74. The highest BCUT2D eigenvalue weighted by Crippen LogP contribution is 2.26. The number of benzene rings is 2. The number of likely N-dealkylation sites (tertiary alicyclic amines) is 1. The summed E-state index contributed by atoms with van der Waals surface area (Å²) in [6.07, 6.45) is 1.44. The van der Waals surface area contributed by atoms with E-state index in [1.807, 2.05) is 12.1 Å². The summed E-state index contributed by atoms with van der Waals surface area (Å²) in [5.41, 5.74) is 1.41. The predicted molar refractivity (Wildman–Crippen MR) is 109 cm³/mol. The minimum atomic E-state index is -0.349. The van der Waals surface area contributed by atoms with Gasteiger partial charge in [-0.3, -0.25) is 9.59 Å². The third-order valence-corrected chi connectivity index (χ3v) is 5.53. The monoisotopic (exact) mass is 448 g/mol. The van der Waals surface area contributed by atoms with Crippen LogP contribution in [-0.4, -0.2) is 36.9 Å². The van der Waals surface area contributed by atoms with Gasteiger partial charge in [0, 0.05) is 19.0 Å². The number of nitrogens with zero attached hydrogens (tertiary/aromatic N) is 1. The van der Waals surface area contributed by atoms with E-state index in [0.717, 1.165) is 5.56 Å². The average molecular weight is 449 g/mol. The summed E-state index contributed by atoms with van der Waals surface area (Å²) in [6, 6.07) is 11.9. The molecule has 148 valence electrons. The molecule has 0 atom stereocenters. The summed E-state index contributed by atoms with van der Waals surface area (Å²) in [4.78, 5) is 26.8. The van der Waals surface area contributed by atoms with Gasteiger partial charge in [0.25, 0.3) is 0 Å². The number of piperidine rings is 1. The molecule has 5 nitrogen and oxygen atoms in total. The van der Waals surface area contributed by atoms with E-state index in [9.17, 15) is 14.0 Å². The molecule has 0 unspecified atom stereocenters. The van der Waals surface area contributed by atoms with Crippen LogP contribution in [0.2, 0.25) is 0 Å². The first-order valence-corrected chi connectivity index (χ1v) is 9.93. The maximum absolute atomic E-state index is 13.3. The molecular weight excluding hydrogens is 427 g/mol. The molecule has 28 heavy (non-hydrogen) atoms. The first kappa shape index (κ1) is 20.3. The SMILES string of the molecule is COc1ccccc1NC(=O)C1CCN(C(=O)Cc2ccc(F)c(Br)c2)CC1. The molecule has 0 bridgehead atoms. The smallest absolute Gasteiger partial charge is 0.227 e. The first-order chi connectivity index (χ1) is 13.5. The number of halogens is 2. The number of para-hydroxylation sites is 2. The molecular formula is C21H22BrFN2O3. The number of ether oxygens (including phenoxy) is 1. The molecule has 1 heterocycles. The quantitative estimate of drug-likeness (QED) is 0.751. The summed E-state index contributed by atoms with van der Waals surface area (Å²) in [5, 5.41) is 2.92. The van der Waals surface area contributed by atoms with Crippen LogP contribution >= 0.6 is 15.9 Å². The van der Waals surface area contributed by atoms with E-state index in [2.05, 4.69) is 21.2 Å². The molecule has 1 aliphatic rings. The van der Waals surface area contributed by atoms with Crippen LogP contribution in [0.15, 0.2) is 46.9 Å². The van der Waals surface area contributed by atoms with E-state index >= 15 is 0 Å². The summed E-state index contributed by atoms with van der Waals surface area (Å²) < 4.78 is 18.9. The third kappa shape index (κ3) is 4.90. The van der Waals surface area contributed by atoms with Crippen LogP contribution < -0.4 is 10.1 Å². The minimum absolute atomic E-state index is 0.0119. The molecule has 3 rings (SSSR count). The third-order valence-electron chi connectivity index (χ3n) is 4.92. The van der Waals surface area contributed by atoms with Crippen LogP contribution in [0.3, 0.4) is 0 Å². The first-order valence-electron chi connectivity index (χ1n) is 9.13. The lowest BCUT2D eigenvalue weighted by atomic mass is 9.95. The predicted octanol–water partition coefficient (Wildman–Crippen LogP) is 4.02. The molecule has 1 aliphatic heterocycles. The largest absolute Gasteiger partial charge is 0.495 e. The van der Waals surface area contributed by atoms with E-state index in [1.165, 1.54) is 6.07 Å². The van der Waals surface area contributed by atoms with E-state index in [4.69, 9.17) is 4.74 Å². The van der Waals surface area contributed by atoms with Gasteiger partial charge in [-0.15, -0.1) is 0 Å². The summed E-state index contributed by atoms with van der Waals surface area (Å²) >= 11 is 3.14. The molecule has 1 fully saturated rings. The van der Waals surface area contributed by atoms with Gasteiger partial charge >= 0.3 is 0 Å². The van der Waals surface area contributed by atoms with Crippen molar-refractivity contribution >= 4 is 33.4 Å². The number of hydrogen-bond acceptors (Lipinski definition) is 3. The second-order valence-corrected chi connectivity index (χ2v) is 7.62. The van der Waals surface area contributed by atoms with Gasteiger partial charge in [0.1, 0.15) is 11.6 Å². The molecule has 1 saturated heterocycles. The molecule has 2 aromatic carbocycles. The van der Waals surface area contributed by atoms with Crippen molar-refractivity contribution in [3.05, 3.63) is 58.3 Å². The van der Waals surface area contributed by atoms with Gasteiger partial charge in [0.05, 0.1) is 23.7 Å². The summed E-state index contributed by atoms with van der Waals surface area (Å²) in [6.45, 7) is 1.07. The number of amides is 2. The Morgan fingerprint density at radius 3 is 2.61 bits per heavy atom. The zero-order valence-electron chi connectivity index (χ0n) is 15.6. The van der Waals surface area contributed by atoms with Crippen molar-refractivity contribution in [2.24, 2.45) is 5.92 Å². The Bertz CT molecular complexity index is 866. The topological polar surface area (TPSA) is 58.6 Å². The van der Waals surface area contributed by atoms with Crippen LogP contribution in [0.25, 0.3) is 0 Å². The fourth-order valence-electron chi connectivity index (χ4n) is 3.31. The number of methoxy groups -OCH3 is 1. The standard InChI is InChI=1S/C21H22BrFN2O3/c1-28-19-5-3-2-4-18(19)24-21(27)15-8-10-25(11-9-15)20(26)13-14-6-7-17(23)16(22)12-14/h2-7,12,15H,8-11,13H2,1H3,(H,24,27). The fraction of sp³-hybridized carbons (Fsp3) is 0.333. The van der Waals surface area contributed by atoms with E-state index in [0.29, 0.717) is 41.8 Å². The Hall–Kier alpha value is -2.41. The summed E-state index contributed by atoms with van der Waals surface area (Å²) in [7, 11) is 1.56. The van der Waals surface area contributed by atoms with Gasteiger partial charge in [-0.25, -0.2) is 4.39 Å². The van der Waals surface area contributed by atoms with Crippen molar-refractivity contribution < 1.29 is 18.7 Å². The van der Waals surface area contributed by atoms with E-state index in [-0.39, 0.29) is 30.0 Å². The van der Waals surface area contributed by atoms with Crippen LogP contribution in [-0.2, 0) is 16.0 Å². The second-order valence-electron chi connectivity index (χ2n) is 6.77. The number of hydrogen-bond donors (Lipinski definition) is 1. The number of carbonyl (C=O) groups excluding carboxylic acids is 2.